The second kappa shape index (κ2) is 11.5. The minimum Gasteiger partial charge on any atom is -0.463 e. The molecule has 0 saturated carbocycles. The van der Waals surface area contributed by atoms with Crippen LogP contribution in [0.4, 0.5) is 0 Å². The van der Waals surface area contributed by atoms with E-state index in [1.807, 2.05) is 6.26 Å². The first-order valence-electron chi connectivity index (χ1n) is 19.4. The minimum absolute atomic E-state index is 0.808. The molecule has 0 amide bonds. The maximum Gasteiger partial charge on any atom is 0.146 e. The molecule has 264 valence electrons. The summed E-state index contributed by atoms with van der Waals surface area (Å²) in [6.07, 6.45) is 1.89. The summed E-state index contributed by atoms with van der Waals surface area (Å²) in [5.41, 5.74) is 11.1. The number of hydrogen-bond acceptors (Lipinski definition) is 3. The molecular formula is C54H30O3. The Labute approximate surface area is 325 Å². The zero-order chi connectivity index (χ0) is 37.2. The molecule has 0 spiro atoms. The normalized spacial score (nSPS) is 12.2. The van der Waals surface area contributed by atoms with E-state index in [2.05, 4.69) is 176 Å². The molecule has 3 nitrogen and oxygen atoms in total. The first kappa shape index (κ1) is 30.7. The van der Waals surface area contributed by atoms with Crippen LogP contribution in [0.2, 0.25) is 0 Å². The third-order valence-electron chi connectivity index (χ3n) is 12.1. The fraction of sp³-hybridized carbons (Fsp3) is 0. The molecule has 0 aliphatic carbocycles. The Morgan fingerprint density at radius 2 is 0.912 bits per heavy atom. The number of fused-ring (bicyclic) bond motifs is 13. The van der Waals surface area contributed by atoms with Crippen LogP contribution in [0.15, 0.2) is 195 Å². The van der Waals surface area contributed by atoms with Gasteiger partial charge in [0.1, 0.15) is 27.9 Å². The fourth-order valence-corrected chi connectivity index (χ4v) is 9.58. The first-order chi connectivity index (χ1) is 28.3. The molecule has 0 atom stereocenters. The molecule has 3 aromatic heterocycles. The van der Waals surface area contributed by atoms with Crippen LogP contribution in [0.5, 0.6) is 0 Å². The molecule has 0 N–H and O–H groups in total. The highest BCUT2D eigenvalue weighted by atomic mass is 16.3. The Balaban J connectivity index is 1.05. The maximum absolute atomic E-state index is 6.88. The Kier molecular flexibility index (Phi) is 6.16. The van der Waals surface area contributed by atoms with Crippen molar-refractivity contribution >= 4 is 97.9 Å². The van der Waals surface area contributed by atoms with Gasteiger partial charge in [0, 0.05) is 38.2 Å². The van der Waals surface area contributed by atoms with Crippen molar-refractivity contribution in [3.8, 4) is 33.4 Å². The van der Waals surface area contributed by atoms with E-state index in [1.165, 1.54) is 48.7 Å². The summed E-state index contributed by atoms with van der Waals surface area (Å²) >= 11 is 0. The van der Waals surface area contributed by atoms with Gasteiger partial charge in [-0.3, -0.25) is 0 Å². The van der Waals surface area contributed by atoms with Crippen LogP contribution in [0.25, 0.3) is 131 Å². The number of rotatable bonds is 3. The molecule has 3 heterocycles. The highest BCUT2D eigenvalue weighted by Gasteiger charge is 2.23. The first-order valence-corrected chi connectivity index (χ1v) is 19.4. The van der Waals surface area contributed by atoms with E-state index in [0.29, 0.717) is 0 Å². The summed E-state index contributed by atoms with van der Waals surface area (Å²) in [5, 5.41) is 14.9. The molecule has 57 heavy (non-hydrogen) atoms. The van der Waals surface area contributed by atoms with E-state index in [-0.39, 0.29) is 0 Å². The van der Waals surface area contributed by atoms with Crippen molar-refractivity contribution in [2.24, 2.45) is 0 Å². The van der Waals surface area contributed by atoms with Crippen LogP contribution in [-0.4, -0.2) is 0 Å². The lowest BCUT2D eigenvalue weighted by atomic mass is 9.85. The zero-order valence-electron chi connectivity index (χ0n) is 30.5. The Morgan fingerprint density at radius 3 is 1.72 bits per heavy atom. The van der Waals surface area contributed by atoms with E-state index >= 15 is 0 Å². The lowest BCUT2D eigenvalue weighted by Crippen LogP contribution is -1.91. The van der Waals surface area contributed by atoms with Crippen LogP contribution in [0, 0.1) is 0 Å². The SMILES string of the molecule is c1ccc2cc(-c3coc4c3ccc3oc5c(-c6c7ccccc7c(-c7ccc8oc9ccc%10ccccc%10c9c8c7)c7ccccc67)cccc5c34)ccc2c1. The lowest BCUT2D eigenvalue weighted by molar-refractivity contribution is 0.619. The summed E-state index contributed by atoms with van der Waals surface area (Å²) in [7, 11) is 0. The minimum atomic E-state index is 0.808. The summed E-state index contributed by atoms with van der Waals surface area (Å²) in [6.45, 7) is 0. The molecule has 3 heteroatoms. The highest BCUT2D eigenvalue weighted by Crippen LogP contribution is 2.49. The van der Waals surface area contributed by atoms with E-state index < -0.39 is 0 Å². The van der Waals surface area contributed by atoms with Gasteiger partial charge in [-0.15, -0.1) is 0 Å². The Bertz CT molecular complexity index is 3760. The molecule has 0 aliphatic rings. The van der Waals surface area contributed by atoms with Gasteiger partial charge < -0.3 is 13.3 Å². The van der Waals surface area contributed by atoms with Crippen molar-refractivity contribution < 1.29 is 13.3 Å². The van der Waals surface area contributed by atoms with Gasteiger partial charge in [0.15, 0.2) is 0 Å². The molecule has 0 aliphatic heterocycles. The van der Waals surface area contributed by atoms with E-state index in [4.69, 9.17) is 13.3 Å². The van der Waals surface area contributed by atoms with Crippen LogP contribution >= 0.6 is 0 Å². The van der Waals surface area contributed by atoms with Gasteiger partial charge in [0.05, 0.1) is 11.6 Å². The average molecular weight is 727 g/mol. The molecule has 13 aromatic rings. The van der Waals surface area contributed by atoms with E-state index in [9.17, 15) is 0 Å². The van der Waals surface area contributed by atoms with Gasteiger partial charge in [0.25, 0.3) is 0 Å². The van der Waals surface area contributed by atoms with Crippen molar-refractivity contribution in [3.05, 3.63) is 182 Å². The molecular weight excluding hydrogens is 697 g/mol. The Morgan fingerprint density at radius 1 is 0.298 bits per heavy atom. The van der Waals surface area contributed by atoms with Crippen molar-refractivity contribution in [2.45, 2.75) is 0 Å². The zero-order valence-corrected chi connectivity index (χ0v) is 30.5. The second-order valence-electron chi connectivity index (χ2n) is 15.1. The number of furan rings is 3. The molecule has 10 aromatic carbocycles. The smallest absolute Gasteiger partial charge is 0.146 e. The van der Waals surface area contributed by atoms with Gasteiger partial charge in [-0.2, -0.15) is 0 Å². The third-order valence-corrected chi connectivity index (χ3v) is 12.1. The van der Waals surface area contributed by atoms with Crippen molar-refractivity contribution in [3.63, 3.8) is 0 Å². The van der Waals surface area contributed by atoms with Crippen molar-refractivity contribution in [1.82, 2.24) is 0 Å². The van der Waals surface area contributed by atoms with Gasteiger partial charge in [-0.25, -0.2) is 0 Å². The fourth-order valence-electron chi connectivity index (χ4n) is 9.58. The van der Waals surface area contributed by atoms with E-state index in [0.717, 1.165) is 82.7 Å². The molecule has 0 unspecified atom stereocenters. The standard InChI is InChI=1S/C54H30O3/c1-2-12-33-28-34(21-20-31(33)10-1)45-30-55-54-41(45)24-27-48-52(54)43-19-9-18-42(53(43)57-48)50-39-16-7-5-14-37(39)49(38-15-6-8-17-40(38)50)35-23-25-46-44(29-35)51-36-13-4-3-11-32(36)22-26-47(51)56-46/h1-30H. The molecule has 13 rings (SSSR count). The van der Waals surface area contributed by atoms with Crippen LogP contribution in [0.3, 0.4) is 0 Å². The Hall–Kier alpha value is -7.62. The second-order valence-corrected chi connectivity index (χ2v) is 15.1. The molecule has 0 radical (unpaired) electrons. The van der Waals surface area contributed by atoms with Crippen molar-refractivity contribution in [1.29, 1.82) is 0 Å². The summed E-state index contributed by atoms with van der Waals surface area (Å²) in [5.74, 6) is 0. The highest BCUT2D eigenvalue weighted by molar-refractivity contribution is 6.27. The quantitative estimate of drug-likeness (QED) is 0.170. The van der Waals surface area contributed by atoms with Gasteiger partial charge in [-0.05, 0) is 96.2 Å². The summed E-state index contributed by atoms with van der Waals surface area (Å²) < 4.78 is 19.7. The van der Waals surface area contributed by atoms with E-state index in [1.54, 1.807) is 0 Å². The van der Waals surface area contributed by atoms with Gasteiger partial charge >= 0.3 is 0 Å². The predicted octanol–water partition coefficient (Wildman–Crippen LogP) is 15.8. The van der Waals surface area contributed by atoms with Crippen LogP contribution in [0.1, 0.15) is 0 Å². The monoisotopic (exact) mass is 726 g/mol. The molecule has 0 saturated heterocycles. The topological polar surface area (TPSA) is 39.4 Å². The summed E-state index contributed by atoms with van der Waals surface area (Å²) in [6, 6.07) is 62.9. The predicted molar refractivity (Wildman–Crippen MR) is 237 cm³/mol. The largest absolute Gasteiger partial charge is 0.463 e. The number of hydrogen-bond donors (Lipinski definition) is 0. The number of para-hydroxylation sites is 1. The third kappa shape index (κ3) is 4.31. The number of benzene rings is 10. The van der Waals surface area contributed by atoms with Gasteiger partial charge in [-0.1, -0.05) is 140 Å². The average Bonchev–Trinajstić information content (AvgIpc) is 3.99. The maximum atomic E-state index is 6.88. The molecule has 0 bridgehead atoms. The molecule has 0 fully saturated rings. The summed E-state index contributed by atoms with van der Waals surface area (Å²) in [4.78, 5) is 0. The van der Waals surface area contributed by atoms with Crippen LogP contribution < -0.4 is 0 Å². The van der Waals surface area contributed by atoms with Crippen molar-refractivity contribution in [2.75, 3.05) is 0 Å². The van der Waals surface area contributed by atoms with Crippen LogP contribution in [-0.2, 0) is 0 Å². The lowest BCUT2D eigenvalue weighted by Gasteiger charge is -2.18. The van der Waals surface area contributed by atoms with Gasteiger partial charge in [0.2, 0.25) is 0 Å².